The van der Waals surface area contributed by atoms with Crippen molar-refractivity contribution in [2.45, 2.75) is 31.3 Å². The van der Waals surface area contributed by atoms with Crippen LogP contribution in [0.15, 0.2) is 0 Å². The molecule has 2 bridgehead atoms. The van der Waals surface area contributed by atoms with Crippen molar-refractivity contribution in [1.29, 1.82) is 0 Å². The molecule has 4 aromatic rings. The highest BCUT2D eigenvalue weighted by Gasteiger charge is 2.52. The maximum absolute atomic E-state index is 15.4. The standard InChI is InChI=1S/C24BF20.C8H11N/c26-5-1(6(27)14(35)21(42)13(5)34)25(2-7(28)15(36)22(43)16(37)8(2)29,3-9(30)17(38)23(44)18(39)10(3)31)4-11(32)19(40)24(45)20(41)12(4)33;1-9-7-3-2-4-8(9)6-5-7/h;7-8H,3,5-6H2,1H3/q-1;/p+1/t;7-,8+/m.1/s1. The number of quaternary nitrogens is 1. The van der Waals surface area contributed by atoms with E-state index >= 15 is 35.1 Å². The van der Waals surface area contributed by atoms with Gasteiger partial charge < -0.3 is 4.90 Å². The van der Waals surface area contributed by atoms with Crippen LogP contribution in [0.2, 0.25) is 0 Å². The number of fused-ring (bicyclic) bond motifs is 2. The van der Waals surface area contributed by atoms with Gasteiger partial charge >= 0.3 is 0 Å². The summed E-state index contributed by atoms with van der Waals surface area (Å²) in [5.41, 5.74) is -14.3. The Morgan fingerprint density at radius 1 is 0.370 bits per heavy atom. The van der Waals surface area contributed by atoms with Gasteiger partial charge in [-0.15, -0.1) is 21.9 Å². The first-order chi connectivity index (χ1) is 25.1. The third kappa shape index (κ3) is 5.56. The second-order valence-corrected chi connectivity index (χ2v) is 11.9. The minimum Gasteiger partial charge on any atom is -0.322 e. The lowest BCUT2D eigenvalue weighted by Crippen LogP contribution is -3.14. The number of benzene rings is 4. The lowest BCUT2D eigenvalue weighted by Gasteiger charge is -2.44. The average molecular weight is 801 g/mol. The first-order valence-electron chi connectivity index (χ1n) is 14.6. The summed E-state index contributed by atoms with van der Waals surface area (Å²) in [7, 11) is 2.27. The van der Waals surface area contributed by atoms with Crippen molar-refractivity contribution in [2.75, 3.05) is 7.05 Å². The molecule has 0 spiro atoms. The van der Waals surface area contributed by atoms with Gasteiger partial charge in [0.1, 0.15) is 58.7 Å². The first kappa shape index (κ1) is 40.3. The Labute approximate surface area is 287 Å². The van der Waals surface area contributed by atoms with Crippen molar-refractivity contribution in [3.8, 4) is 11.8 Å². The predicted octanol–water partition coefficient (Wildman–Crippen LogP) is 5.29. The Balaban J connectivity index is 0.000000537. The SMILES string of the molecule is C[NH+]1[C@@H]2CC#C[C@H]1CC2.Fc1c(F)c(F)c([B-](c2c(F)c(F)c(F)c(F)c2F)(c2c(F)c(F)c(F)c(F)c2F)c2c(F)c(F)c(F)c(F)c2F)c(F)c1F. The van der Waals surface area contributed by atoms with Crippen LogP contribution in [0.3, 0.4) is 0 Å². The van der Waals surface area contributed by atoms with Gasteiger partial charge in [-0.3, -0.25) is 0 Å². The topological polar surface area (TPSA) is 4.44 Å². The van der Waals surface area contributed by atoms with Crippen LogP contribution in [-0.4, -0.2) is 25.3 Å². The molecule has 1 unspecified atom stereocenters. The van der Waals surface area contributed by atoms with Gasteiger partial charge in [0.25, 0.3) is 0 Å². The number of hydrogen-bond acceptors (Lipinski definition) is 0. The zero-order chi connectivity index (χ0) is 40.6. The van der Waals surface area contributed by atoms with Gasteiger partial charge in [0.05, 0.1) is 19.5 Å². The molecule has 0 aromatic heterocycles. The summed E-state index contributed by atoms with van der Waals surface area (Å²) >= 11 is 0. The molecule has 4 aromatic carbocycles. The van der Waals surface area contributed by atoms with E-state index in [1.54, 1.807) is 4.90 Å². The molecule has 2 aliphatic heterocycles. The minimum atomic E-state index is -7.22. The van der Waals surface area contributed by atoms with E-state index in [2.05, 4.69) is 18.9 Å². The van der Waals surface area contributed by atoms with E-state index in [4.69, 9.17) is 0 Å². The van der Waals surface area contributed by atoms with E-state index in [0.29, 0.717) is 6.04 Å². The highest BCUT2D eigenvalue weighted by atomic mass is 19.2. The molecule has 6 rings (SSSR count). The van der Waals surface area contributed by atoms with Crippen LogP contribution in [0.4, 0.5) is 87.8 Å². The number of halogens is 20. The molecular formula is C32H12BF20N. The van der Waals surface area contributed by atoms with Crippen LogP contribution >= 0.6 is 0 Å². The van der Waals surface area contributed by atoms with Gasteiger partial charge in [0, 0.05) is 12.8 Å². The molecule has 54 heavy (non-hydrogen) atoms. The number of rotatable bonds is 4. The van der Waals surface area contributed by atoms with Crippen LogP contribution in [0.25, 0.3) is 0 Å². The Morgan fingerprint density at radius 3 is 0.796 bits per heavy atom. The first-order valence-corrected chi connectivity index (χ1v) is 14.6. The normalized spacial score (nSPS) is 17.7. The zero-order valence-corrected chi connectivity index (χ0v) is 25.9. The molecule has 2 heterocycles. The summed E-state index contributed by atoms with van der Waals surface area (Å²) in [5.74, 6) is -64.9. The average Bonchev–Trinajstić information content (AvgIpc) is 3.32. The summed E-state index contributed by atoms with van der Waals surface area (Å²) in [4.78, 5) is 1.66. The number of nitrogens with one attached hydrogen (secondary N) is 1. The molecule has 0 radical (unpaired) electrons. The fourth-order valence-corrected chi connectivity index (χ4v) is 6.74. The molecule has 1 fully saturated rings. The van der Waals surface area contributed by atoms with E-state index in [1.165, 1.54) is 12.8 Å². The molecule has 1 N–H and O–H groups in total. The van der Waals surface area contributed by atoms with Gasteiger partial charge in [-0.05, 0) is 5.92 Å². The van der Waals surface area contributed by atoms with Crippen LogP contribution in [-0.2, 0) is 0 Å². The highest BCUT2D eigenvalue weighted by Crippen LogP contribution is 2.30. The van der Waals surface area contributed by atoms with Crippen molar-refractivity contribution in [1.82, 2.24) is 0 Å². The van der Waals surface area contributed by atoms with Crippen molar-refractivity contribution in [2.24, 2.45) is 0 Å². The van der Waals surface area contributed by atoms with E-state index in [9.17, 15) is 52.7 Å². The lowest BCUT2D eigenvalue weighted by atomic mass is 9.12. The second-order valence-electron chi connectivity index (χ2n) is 11.9. The van der Waals surface area contributed by atoms with Crippen LogP contribution in [0, 0.1) is 128 Å². The Kier molecular flexibility index (Phi) is 10.5. The molecule has 0 amide bonds. The molecule has 2 aliphatic rings. The Hall–Kier alpha value is -4.94. The molecule has 0 saturated carbocycles. The fraction of sp³-hybridized carbons (Fsp3) is 0.188. The zero-order valence-electron chi connectivity index (χ0n) is 25.9. The molecular weight excluding hydrogens is 789 g/mol. The maximum atomic E-state index is 15.4. The molecule has 1 nitrogen and oxygen atoms in total. The van der Waals surface area contributed by atoms with E-state index in [-0.39, 0.29) is 0 Å². The third-order valence-electron chi connectivity index (χ3n) is 9.33. The minimum absolute atomic E-state index is 0.684. The smallest absolute Gasteiger partial charge is 0.200 e. The molecule has 22 heteroatoms. The van der Waals surface area contributed by atoms with E-state index in [0.717, 1.165) is 12.5 Å². The lowest BCUT2D eigenvalue weighted by molar-refractivity contribution is -0.909. The summed E-state index contributed by atoms with van der Waals surface area (Å²) in [5, 5.41) is 0. The highest BCUT2D eigenvalue weighted by molar-refractivity contribution is 7.20. The summed E-state index contributed by atoms with van der Waals surface area (Å²) < 4.78 is 294. The second kappa shape index (κ2) is 14.0. The monoisotopic (exact) mass is 801 g/mol. The van der Waals surface area contributed by atoms with Crippen molar-refractivity contribution in [3.63, 3.8) is 0 Å². The van der Waals surface area contributed by atoms with Crippen molar-refractivity contribution >= 4 is 28.0 Å². The van der Waals surface area contributed by atoms with Gasteiger partial charge in [-0.1, -0.05) is 5.92 Å². The van der Waals surface area contributed by atoms with Gasteiger partial charge in [0.15, 0.2) is 69.8 Å². The molecule has 288 valence electrons. The van der Waals surface area contributed by atoms with Gasteiger partial charge in [-0.25, -0.2) is 87.8 Å². The summed E-state index contributed by atoms with van der Waals surface area (Å²) in [6.07, 6.45) is -3.35. The largest absolute Gasteiger partial charge is 0.322 e. The maximum Gasteiger partial charge on any atom is 0.200 e. The molecule has 0 aliphatic carbocycles. The van der Waals surface area contributed by atoms with Crippen LogP contribution in [0.5, 0.6) is 0 Å². The Bertz CT molecular complexity index is 1930. The molecule has 3 atom stereocenters. The van der Waals surface area contributed by atoms with Crippen molar-refractivity contribution in [3.05, 3.63) is 116 Å². The quantitative estimate of drug-likeness (QED) is 0.0943. The fourth-order valence-electron chi connectivity index (χ4n) is 6.74. The van der Waals surface area contributed by atoms with Gasteiger partial charge in [0.2, 0.25) is 0 Å². The number of hydrogen-bond donors (Lipinski definition) is 1. The van der Waals surface area contributed by atoms with Crippen LogP contribution < -0.4 is 26.8 Å². The Morgan fingerprint density at radius 2 is 0.593 bits per heavy atom. The third-order valence-corrected chi connectivity index (χ3v) is 9.33. The summed E-state index contributed by atoms with van der Waals surface area (Å²) in [6.45, 7) is 0. The van der Waals surface area contributed by atoms with E-state index < -0.39 is 144 Å². The van der Waals surface area contributed by atoms with E-state index in [1.807, 2.05) is 0 Å². The van der Waals surface area contributed by atoms with Gasteiger partial charge in [-0.2, -0.15) is 0 Å². The predicted molar refractivity (Wildman–Crippen MR) is 145 cm³/mol. The molecule has 1 saturated heterocycles. The van der Waals surface area contributed by atoms with Crippen molar-refractivity contribution < 1.29 is 92.7 Å². The van der Waals surface area contributed by atoms with Crippen LogP contribution in [0.1, 0.15) is 19.3 Å². The summed E-state index contributed by atoms with van der Waals surface area (Å²) in [6, 6.07) is 1.56.